The van der Waals surface area contributed by atoms with Gasteiger partial charge in [-0.1, -0.05) is 0 Å². The fourth-order valence-electron chi connectivity index (χ4n) is 0.233. The summed E-state index contributed by atoms with van der Waals surface area (Å²) in [4.78, 5) is 0. The summed E-state index contributed by atoms with van der Waals surface area (Å²) in [5.41, 5.74) is 0. The van der Waals surface area contributed by atoms with Gasteiger partial charge in [0.05, 0.1) is 0 Å². The summed E-state index contributed by atoms with van der Waals surface area (Å²) in [6, 6.07) is 0. The first-order valence-electron chi connectivity index (χ1n) is 1.51. The first-order valence-corrected chi connectivity index (χ1v) is 2.68. The van der Waals surface area contributed by atoms with Gasteiger partial charge in [0, 0.05) is 28.7 Å². The molecule has 0 aromatic carbocycles. The normalized spacial score (nSPS) is 24.9. The Morgan fingerprint density at radius 1 is 1.57 bits per heavy atom. The maximum absolute atomic E-state index is 10.1. The van der Waals surface area contributed by atoms with Crippen LogP contribution in [0.3, 0.4) is 0 Å². The summed E-state index contributed by atoms with van der Waals surface area (Å²) in [5.74, 6) is 0. The molecule has 0 saturated carbocycles. The fraction of sp³-hybridized carbons (Fsp3) is 0. The number of rotatable bonds is 0. The van der Waals surface area contributed by atoms with Crippen molar-refractivity contribution in [2.75, 3.05) is 0 Å². The van der Waals surface area contributed by atoms with E-state index < -0.39 is 11.0 Å². The topological polar surface area (TPSA) is 29.4 Å². The van der Waals surface area contributed by atoms with Gasteiger partial charge >= 0.3 is 0 Å². The zero-order valence-corrected chi connectivity index (χ0v) is 5.06. The van der Waals surface area contributed by atoms with E-state index in [1.165, 1.54) is 11.6 Å². The van der Waals surface area contributed by atoms with E-state index in [2.05, 4.69) is 4.40 Å². The molecular formula is C3H3CuNOS. The van der Waals surface area contributed by atoms with Crippen molar-refractivity contribution in [2.45, 2.75) is 0 Å². The van der Waals surface area contributed by atoms with Crippen molar-refractivity contribution in [1.29, 1.82) is 0 Å². The van der Waals surface area contributed by atoms with Gasteiger partial charge in [0.1, 0.15) is 0 Å². The quantitative estimate of drug-likeness (QED) is 0.472. The van der Waals surface area contributed by atoms with Crippen molar-refractivity contribution in [2.24, 2.45) is 4.40 Å². The Labute approximate surface area is 54.8 Å². The van der Waals surface area contributed by atoms with Crippen molar-refractivity contribution >= 4 is 17.2 Å². The minimum Gasteiger partial charge on any atom is -0.230 e. The summed E-state index contributed by atoms with van der Waals surface area (Å²) in [5, 5.41) is 1.53. The molecular weight excluding hydrogens is 162 g/mol. The molecule has 4 heteroatoms. The second kappa shape index (κ2) is 3.13. The Morgan fingerprint density at radius 3 is 2.43 bits per heavy atom. The molecule has 0 saturated heterocycles. The molecule has 1 radical (unpaired) electrons. The molecule has 1 aliphatic rings. The van der Waals surface area contributed by atoms with E-state index in [-0.39, 0.29) is 17.1 Å². The molecule has 7 heavy (non-hydrogen) atoms. The van der Waals surface area contributed by atoms with E-state index in [4.69, 9.17) is 0 Å². The van der Waals surface area contributed by atoms with Crippen LogP contribution >= 0.6 is 0 Å². The van der Waals surface area contributed by atoms with E-state index in [0.29, 0.717) is 0 Å². The van der Waals surface area contributed by atoms with Crippen LogP contribution in [-0.2, 0) is 28.1 Å². The SMILES string of the molecule is O=S1C=CC=N1.[Cu]. The number of allylic oxidation sites excluding steroid dienone is 1. The molecule has 0 aliphatic carbocycles. The summed E-state index contributed by atoms with van der Waals surface area (Å²) in [6.07, 6.45) is 3.19. The first kappa shape index (κ1) is 7.08. The second-order valence-corrected chi connectivity index (χ2v) is 1.89. The molecule has 0 aromatic rings. The van der Waals surface area contributed by atoms with Crippen LogP contribution in [0.15, 0.2) is 15.9 Å². The van der Waals surface area contributed by atoms with Crippen LogP contribution in [0.2, 0.25) is 0 Å². The van der Waals surface area contributed by atoms with Crippen molar-refractivity contribution in [1.82, 2.24) is 0 Å². The third kappa shape index (κ3) is 2.02. The molecule has 1 rings (SSSR count). The smallest absolute Gasteiger partial charge is 0.165 e. The molecule has 43 valence electrons. The number of hydrogen-bond donors (Lipinski definition) is 0. The molecule has 2 nitrogen and oxygen atoms in total. The number of nitrogens with zero attached hydrogens (tertiary/aromatic N) is 1. The molecule has 0 bridgehead atoms. The predicted molar refractivity (Wildman–Crippen MR) is 25.8 cm³/mol. The maximum Gasteiger partial charge on any atom is 0.165 e. The van der Waals surface area contributed by atoms with Gasteiger partial charge < -0.3 is 0 Å². The van der Waals surface area contributed by atoms with Crippen LogP contribution in [-0.4, -0.2) is 10.4 Å². The van der Waals surface area contributed by atoms with Crippen LogP contribution in [0.5, 0.6) is 0 Å². The van der Waals surface area contributed by atoms with Crippen molar-refractivity contribution in [3.8, 4) is 0 Å². The molecule has 0 fully saturated rings. The fourth-order valence-corrected chi connectivity index (χ4v) is 0.698. The van der Waals surface area contributed by atoms with Gasteiger partial charge in [0.2, 0.25) is 0 Å². The third-order valence-corrected chi connectivity index (χ3v) is 1.17. The van der Waals surface area contributed by atoms with Gasteiger partial charge in [-0.15, -0.1) is 0 Å². The van der Waals surface area contributed by atoms with Gasteiger partial charge in [0.25, 0.3) is 0 Å². The molecule has 0 N–H and O–H groups in total. The van der Waals surface area contributed by atoms with Crippen molar-refractivity contribution in [3.05, 3.63) is 11.5 Å². The third-order valence-electron chi connectivity index (χ3n) is 0.446. The minimum atomic E-state index is -1.03. The average Bonchev–Trinajstić information content (AvgIpc) is 1.86. The molecule has 1 aliphatic heterocycles. The van der Waals surface area contributed by atoms with Crippen LogP contribution in [0.4, 0.5) is 0 Å². The van der Waals surface area contributed by atoms with Gasteiger partial charge in [-0.05, 0) is 6.08 Å². The number of hydrogen-bond acceptors (Lipinski definition) is 1. The Morgan fingerprint density at radius 2 is 2.29 bits per heavy atom. The molecule has 1 atom stereocenters. The van der Waals surface area contributed by atoms with E-state index in [1.807, 2.05) is 0 Å². The van der Waals surface area contributed by atoms with Crippen LogP contribution < -0.4 is 0 Å². The summed E-state index contributed by atoms with van der Waals surface area (Å²) in [7, 11) is -1.03. The van der Waals surface area contributed by atoms with Crippen LogP contribution in [0.1, 0.15) is 0 Å². The summed E-state index contributed by atoms with van der Waals surface area (Å²) in [6.45, 7) is 0. The molecule has 0 aromatic heterocycles. The first-order chi connectivity index (χ1) is 2.89. The molecule has 0 amide bonds. The van der Waals surface area contributed by atoms with Crippen molar-refractivity contribution < 1.29 is 21.3 Å². The zero-order valence-electron chi connectivity index (χ0n) is 3.30. The molecule has 1 unspecified atom stereocenters. The Kier molecular flexibility index (Phi) is 3.17. The van der Waals surface area contributed by atoms with Crippen LogP contribution in [0, 0.1) is 0 Å². The van der Waals surface area contributed by atoms with Gasteiger partial charge in [0.15, 0.2) is 11.0 Å². The standard InChI is InChI=1S/C3H3NOS.Cu/c5-6-3-1-2-4-6;/h1-3H;. The Hall–Kier alpha value is 0.0795. The maximum atomic E-state index is 10.1. The van der Waals surface area contributed by atoms with Gasteiger partial charge in [-0.25, -0.2) is 4.21 Å². The van der Waals surface area contributed by atoms with E-state index in [1.54, 1.807) is 6.08 Å². The summed E-state index contributed by atoms with van der Waals surface area (Å²) >= 11 is 0. The second-order valence-electron chi connectivity index (χ2n) is 0.859. The zero-order chi connectivity index (χ0) is 4.41. The van der Waals surface area contributed by atoms with Gasteiger partial charge in [-0.3, -0.25) is 0 Å². The van der Waals surface area contributed by atoms with E-state index in [9.17, 15) is 4.21 Å². The van der Waals surface area contributed by atoms with E-state index in [0.717, 1.165) is 0 Å². The average molecular weight is 165 g/mol. The largest absolute Gasteiger partial charge is 0.230 e. The Bertz CT molecular complexity index is 117. The van der Waals surface area contributed by atoms with E-state index >= 15 is 0 Å². The summed E-state index contributed by atoms with van der Waals surface area (Å²) < 4.78 is 13.5. The van der Waals surface area contributed by atoms with Crippen molar-refractivity contribution in [3.63, 3.8) is 0 Å². The Balaban J connectivity index is 0.000000360. The molecule has 0 spiro atoms. The minimum absolute atomic E-state index is 0. The predicted octanol–water partition coefficient (Wildman–Crippen LogP) is 0.246. The monoisotopic (exact) mass is 164 g/mol. The van der Waals surface area contributed by atoms with Gasteiger partial charge in [-0.2, -0.15) is 4.40 Å². The molecule has 1 heterocycles. The van der Waals surface area contributed by atoms with Crippen LogP contribution in [0.25, 0.3) is 0 Å².